The van der Waals surface area contributed by atoms with Gasteiger partial charge in [0.05, 0.1) is 5.56 Å². The van der Waals surface area contributed by atoms with Gasteiger partial charge >= 0.3 is 6.18 Å². The number of alkyl halides is 3. The fourth-order valence-corrected chi connectivity index (χ4v) is 3.27. The largest absolute Gasteiger partial charge is 0.460 e. The molecule has 0 unspecified atom stereocenters. The van der Waals surface area contributed by atoms with Crippen LogP contribution in [0.15, 0.2) is 28.7 Å². The van der Waals surface area contributed by atoms with E-state index in [2.05, 4.69) is 0 Å². The Bertz CT molecular complexity index is 888. The Labute approximate surface area is 131 Å². The number of Topliss-reactive ketones (excluding diaryl/α,β-unsaturated/α-hetero) is 1. The molecule has 3 rings (SSSR count). The lowest BCUT2D eigenvalue weighted by atomic mass is 9.98. The third-order valence-electron chi connectivity index (χ3n) is 4.27. The molecule has 0 fully saturated rings. The SMILES string of the molecule is CCc1c(C)oc2c(C(=O)C(F)(F)F)c3ccccc3c-2c1C. The second-order valence-corrected chi connectivity index (χ2v) is 5.57. The number of benzene rings is 1. The molecule has 0 atom stereocenters. The molecule has 23 heavy (non-hydrogen) atoms. The number of halogens is 3. The summed E-state index contributed by atoms with van der Waals surface area (Å²) in [5.41, 5.74) is 2.02. The van der Waals surface area contributed by atoms with E-state index in [0.29, 0.717) is 23.1 Å². The molecule has 0 spiro atoms. The molecule has 1 aromatic rings. The first-order valence-corrected chi connectivity index (χ1v) is 7.32. The van der Waals surface area contributed by atoms with Crippen molar-refractivity contribution in [1.29, 1.82) is 0 Å². The molecule has 2 aliphatic rings. The summed E-state index contributed by atoms with van der Waals surface area (Å²) in [4.78, 5) is 11.9. The molecule has 0 aromatic heterocycles. The number of aryl methyl sites for hydroxylation is 1. The zero-order chi connectivity index (χ0) is 16.9. The number of hydrogen-bond donors (Lipinski definition) is 0. The third kappa shape index (κ3) is 2.22. The van der Waals surface area contributed by atoms with Gasteiger partial charge in [0.15, 0.2) is 0 Å². The fraction of sp³-hybridized carbons (Fsp3) is 0.278. The first-order chi connectivity index (χ1) is 10.8. The Morgan fingerprint density at radius 3 is 2.30 bits per heavy atom. The van der Waals surface area contributed by atoms with Crippen molar-refractivity contribution in [3.63, 3.8) is 0 Å². The lowest BCUT2D eigenvalue weighted by Gasteiger charge is -2.14. The van der Waals surface area contributed by atoms with Gasteiger partial charge in [0.1, 0.15) is 11.5 Å². The van der Waals surface area contributed by atoms with Crippen molar-refractivity contribution in [2.45, 2.75) is 33.4 Å². The van der Waals surface area contributed by atoms with Gasteiger partial charge in [-0.3, -0.25) is 4.79 Å². The number of carbonyl (C=O) groups excluding carboxylic acids is 1. The molecule has 0 radical (unpaired) electrons. The van der Waals surface area contributed by atoms with E-state index in [1.807, 2.05) is 13.8 Å². The molecule has 2 nitrogen and oxygen atoms in total. The monoisotopic (exact) mass is 320 g/mol. The summed E-state index contributed by atoms with van der Waals surface area (Å²) in [6.45, 7) is 5.53. The molecule has 1 aliphatic heterocycles. The molecule has 0 saturated carbocycles. The van der Waals surface area contributed by atoms with Gasteiger partial charge in [0, 0.05) is 5.56 Å². The highest BCUT2D eigenvalue weighted by molar-refractivity contribution is 6.20. The lowest BCUT2D eigenvalue weighted by Crippen LogP contribution is -2.23. The topological polar surface area (TPSA) is 30.2 Å². The molecule has 0 amide bonds. The predicted octanol–water partition coefficient (Wildman–Crippen LogP) is 5.46. The third-order valence-corrected chi connectivity index (χ3v) is 4.27. The summed E-state index contributed by atoms with van der Waals surface area (Å²) in [6, 6.07) is 6.62. The van der Waals surface area contributed by atoms with Gasteiger partial charge in [-0.15, -0.1) is 0 Å². The number of hydrogen-bond acceptors (Lipinski definition) is 2. The van der Waals surface area contributed by atoms with Crippen molar-refractivity contribution in [3.05, 3.63) is 46.7 Å². The van der Waals surface area contributed by atoms with E-state index in [1.165, 1.54) is 6.07 Å². The Kier molecular flexibility index (Phi) is 3.47. The highest BCUT2D eigenvalue weighted by Gasteiger charge is 2.44. The van der Waals surface area contributed by atoms with Crippen molar-refractivity contribution < 1.29 is 22.4 Å². The van der Waals surface area contributed by atoms with Gasteiger partial charge in [0.25, 0.3) is 5.78 Å². The molecule has 0 saturated heterocycles. The molecule has 5 heteroatoms. The van der Waals surface area contributed by atoms with Crippen molar-refractivity contribution in [2.24, 2.45) is 0 Å². The van der Waals surface area contributed by atoms with Gasteiger partial charge in [-0.1, -0.05) is 31.2 Å². The van der Waals surface area contributed by atoms with E-state index in [4.69, 9.17) is 4.42 Å². The standard InChI is InChI=1S/C18H15F3O2/c1-4-11-9(2)14-12-7-5-6-8-13(12)15(16(14)23-10(11)3)17(22)18(19,20)21/h5-8H,4H2,1-3H3. The van der Waals surface area contributed by atoms with Crippen LogP contribution in [0.1, 0.15) is 34.2 Å². The van der Waals surface area contributed by atoms with E-state index in [0.717, 1.165) is 11.1 Å². The number of carbonyl (C=O) groups is 1. The lowest BCUT2D eigenvalue weighted by molar-refractivity contribution is -0.0884. The number of rotatable bonds is 2. The van der Waals surface area contributed by atoms with E-state index >= 15 is 0 Å². The average Bonchev–Trinajstić information content (AvgIpc) is 2.79. The minimum absolute atomic E-state index is 0.0284. The van der Waals surface area contributed by atoms with Crippen molar-refractivity contribution in [2.75, 3.05) is 0 Å². The van der Waals surface area contributed by atoms with Crippen LogP contribution in [-0.4, -0.2) is 12.0 Å². The molecular weight excluding hydrogens is 305 g/mol. The smallest absolute Gasteiger partial charge is 0.455 e. The number of ketones is 1. The highest BCUT2D eigenvalue weighted by atomic mass is 19.4. The molecule has 1 heterocycles. The zero-order valence-electron chi connectivity index (χ0n) is 13.0. The van der Waals surface area contributed by atoms with E-state index < -0.39 is 17.5 Å². The van der Waals surface area contributed by atoms with Gasteiger partial charge in [0.2, 0.25) is 0 Å². The van der Waals surface area contributed by atoms with Gasteiger partial charge in [-0.2, -0.15) is 13.2 Å². The molecule has 1 aromatic carbocycles. The Morgan fingerprint density at radius 2 is 1.74 bits per heavy atom. The second-order valence-electron chi connectivity index (χ2n) is 5.57. The van der Waals surface area contributed by atoms with Crippen molar-refractivity contribution in [3.8, 4) is 11.3 Å². The van der Waals surface area contributed by atoms with Gasteiger partial charge < -0.3 is 4.42 Å². The molecule has 0 N–H and O–H groups in total. The van der Waals surface area contributed by atoms with Crippen LogP contribution in [0.5, 0.6) is 0 Å². The molecule has 0 bridgehead atoms. The van der Waals surface area contributed by atoms with Crippen LogP contribution in [0, 0.1) is 13.8 Å². The summed E-state index contributed by atoms with van der Waals surface area (Å²) in [7, 11) is 0. The quantitative estimate of drug-likeness (QED) is 0.587. The summed E-state index contributed by atoms with van der Waals surface area (Å²) in [6.07, 6.45) is -4.23. The minimum Gasteiger partial charge on any atom is -0.460 e. The van der Waals surface area contributed by atoms with Crippen molar-refractivity contribution in [1.82, 2.24) is 0 Å². The van der Waals surface area contributed by atoms with Crippen LogP contribution in [-0.2, 0) is 6.42 Å². The van der Waals surface area contributed by atoms with Crippen LogP contribution in [0.4, 0.5) is 13.2 Å². The van der Waals surface area contributed by atoms with E-state index in [-0.39, 0.29) is 11.1 Å². The Balaban J connectivity index is 2.51. The summed E-state index contributed by atoms with van der Waals surface area (Å²) >= 11 is 0. The Morgan fingerprint density at radius 1 is 1.13 bits per heavy atom. The normalized spacial score (nSPS) is 12.3. The second kappa shape index (κ2) is 5.11. The summed E-state index contributed by atoms with van der Waals surface area (Å²) in [5, 5.41) is 0.898. The molecular formula is C18H15F3O2. The van der Waals surface area contributed by atoms with Gasteiger partial charge in [-0.05, 0) is 42.2 Å². The van der Waals surface area contributed by atoms with Crippen LogP contribution < -0.4 is 0 Å². The first kappa shape index (κ1) is 15.6. The minimum atomic E-state index is -4.94. The summed E-state index contributed by atoms with van der Waals surface area (Å²) < 4.78 is 44.7. The molecule has 1 aliphatic carbocycles. The maximum absolute atomic E-state index is 13.0. The van der Waals surface area contributed by atoms with Crippen LogP contribution >= 0.6 is 0 Å². The van der Waals surface area contributed by atoms with E-state index in [9.17, 15) is 18.0 Å². The van der Waals surface area contributed by atoms with Crippen molar-refractivity contribution >= 4 is 16.6 Å². The maximum atomic E-state index is 13.0. The maximum Gasteiger partial charge on any atom is 0.455 e. The fourth-order valence-electron chi connectivity index (χ4n) is 3.27. The van der Waals surface area contributed by atoms with E-state index in [1.54, 1.807) is 25.1 Å². The number of fused-ring (bicyclic) bond motifs is 3. The van der Waals surface area contributed by atoms with Crippen LogP contribution in [0.25, 0.3) is 22.1 Å². The Hall–Kier alpha value is -2.30. The highest BCUT2D eigenvalue weighted by Crippen LogP contribution is 2.45. The molecule has 120 valence electrons. The predicted molar refractivity (Wildman–Crippen MR) is 82.1 cm³/mol. The van der Waals surface area contributed by atoms with Crippen LogP contribution in [0.3, 0.4) is 0 Å². The first-order valence-electron chi connectivity index (χ1n) is 7.32. The average molecular weight is 320 g/mol. The zero-order valence-corrected chi connectivity index (χ0v) is 13.0. The van der Waals surface area contributed by atoms with Crippen LogP contribution in [0.2, 0.25) is 0 Å². The van der Waals surface area contributed by atoms with Gasteiger partial charge in [-0.25, -0.2) is 0 Å². The summed E-state index contributed by atoms with van der Waals surface area (Å²) in [5.74, 6) is -1.29.